The van der Waals surface area contributed by atoms with Gasteiger partial charge in [-0.1, -0.05) is 0 Å². The summed E-state index contributed by atoms with van der Waals surface area (Å²) >= 11 is 0. The van der Waals surface area contributed by atoms with Crippen molar-refractivity contribution in [2.75, 3.05) is 0 Å². The van der Waals surface area contributed by atoms with Crippen LogP contribution in [0, 0.1) is 12.9 Å². The summed E-state index contributed by atoms with van der Waals surface area (Å²) in [5, 5.41) is 0. The predicted molar refractivity (Wildman–Crippen MR) is 42.6 cm³/mol. The van der Waals surface area contributed by atoms with Crippen molar-refractivity contribution in [2.24, 2.45) is 0 Å². The standard InChI is InChI=1S/C9H10FNO/c1-6-5-11-9(10)4-8(6)12-7-2-3-7/h4-5,7H,2-3H2,1H3. The lowest BCUT2D eigenvalue weighted by Crippen LogP contribution is -1.99. The van der Waals surface area contributed by atoms with Crippen LogP contribution in [0.25, 0.3) is 0 Å². The van der Waals surface area contributed by atoms with Crippen LogP contribution in [-0.2, 0) is 0 Å². The lowest BCUT2D eigenvalue weighted by atomic mass is 10.3. The van der Waals surface area contributed by atoms with E-state index >= 15 is 0 Å². The van der Waals surface area contributed by atoms with Crippen LogP contribution in [0.4, 0.5) is 4.39 Å². The van der Waals surface area contributed by atoms with E-state index < -0.39 is 5.95 Å². The molecule has 0 spiro atoms. The number of nitrogens with zero attached hydrogens (tertiary/aromatic N) is 1. The zero-order chi connectivity index (χ0) is 8.55. The molecular weight excluding hydrogens is 157 g/mol. The van der Waals surface area contributed by atoms with Crippen LogP contribution in [0.3, 0.4) is 0 Å². The van der Waals surface area contributed by atoms with E-state index in [-0.39, 0.29) is 0 Å². The average molecular weight is 167 g/mol. The number of hydrogen-bond acceptors (Lipinski definition) is 2. The highest BCUT2D eigenvalue weighted by atomic mass is 19.1. The molecule has 0 aliphatic heterocycles. The summed E-state index contributed by atoms with van der Waals surface area (Å²) < 4.78 is 18.1. The summed E-state index contributed by atoms with van der Waals surface area (Å²) in [6, 6.07) is 1.34. The summed E-state index contributed by atoms with van der Waals surface area (Å²) in [5.74, 6) is 0.154. The zero-order valence-electron chi connectivity index (χ0n) is 6.88. The van der Waals surface area contributed by atoms with E-state index in [1.165, 1.54) is 12.3 Å². The van der Waals surface area contributed by atoms with Gasteiger partial charge in [0.15, 0.2) is 0 Å². The number of aryl methyl sites for hydroxylation is 1. The molecule has 1 heterocycles. The van der Waals surface area contributed by atoms with Gasteiger partial charge < -0.3 is 4.74 Å². The summed E-state index contributed by atoms with van der Waals surface area (Å²) in [4.78, 5) is 3.52. The van der Waals surface area contributed by atoms with Crippen LogP contribution >= 0.6 is 0 Å². The third-order valence-electron chi connectivity index (χ3n) is 1.84. The Labute approximate surface area is 70.4 Å². The molecule has 0 aromatic carbocycles. The monoisotopic (exact) mass is 167 g/mol. The van der Waals surface area contributed by atoms with Gasteiger partial charge in [0.1, 0.15) is 5.75 Å². The normalized spacial score (nSPS) is 16.2. The Morgan fingerprint density at radius 1 is 1.58 bits per heavy atom. The molecule has 0 N–H and O–H groups in total. The van der Waals surface area contributed by atoms with E-state index in [0.717, 1.165) is 18.4 Å². The Hall–Kier alpha value is -1.12. The van der Waals surface area contributed by atoms with Gasteiger partial charge in [0, 0.05) is 17.8 Å². The first-order valence-corrected chi connectivity index (χ1v) is 4.04. The van der Waals surface area contributed by atoms with Crippen molar-refractivity contribution >= 4 is 0 Å². The van der Waals surface area contributed by atoms with Crippen molar-refractivity contribution in [3.63, 3.8) is 0 Å². The fourth-order valence-electron chi connectivity index (χ4n) is 0.974. The summed E-state index contributed by atoms with van der Waals surface area (Å²) in [7, 11) is 0. The lowest BCUT2D eigenvalue weighted by molar-refractivity contribution is 0.298. The first kappa shape index (κ1) is 7.53. The van der Waals surface area contributed by atoms with Gasteiger partial charge in [-0.2, -0.15) is 4.39 Å². The lowest BCUT2D eigenvalue weighted by Gasteiger charge is -2.06. The largest absolute Gasteiger partial charge is 0.490 e. The molecule has 3 heteroatoms. The number of ether oxygens (including phenoxy) is 1. The third kappa shape index (κ3) is 1.55. The summed E-state index contributed by atoms with van der Waals surface area (Å²) in [6.45, 7) is 1.87. The minimum Gasteiger partial charge on any atom is -0.490 e. The van der Waals surface area contributed by atoms with Gasteiger partial charge >= 0.3 is 0 Å². The van der Waals surface area contributed by atoms with Crippen LogP contribution in [0.5, 0.6) is 5.75 Å². The molecule has 0 radical (unpaired) electrons. The van der Waals surface area contributed by atoms with Gasteiger partial charge in [0.25, 0.3) is 0 Å². The average Bonchev–Trinajstić information content (AvgIpc) is 2.81. The van der Waals surface area contributed by atoms with E-state index in [0.29, 0.717) is 11.9 Å². The molecule has 0 unspecified atom stereocenters. The highest BCUT2D eigenvalue weighted by molar-refractivity contribution is 5.29. The molecular formula is C9H10FNO. The topological polar surface area (TPSA) is 22.1 Å². The van der Waals surface area contributed by atoms with E-state index in [4.69, 9.17) is 4.74 Å². The fourth-order valence-corrected chi connectivity index (χ4v) is 0.974. The van der Waals surface area contributed by atoms with Crippen molar-refractivity contribution < 1.29 is 9.13 Å². The maximum atomic E-state index is 12.6. The number of rotatable bonds is 2. The number of halogens is 1. The Kier molecular flexibility index (Phi) is 1.71. The minimum atomic E-state index is -0.476. The molecule has 1 aromatic heterocycles. The molecule has 1 aromatic rings. The molecule has 0 amide bonds. The van der Waals surface area contributed by atoms with E-state index in [2.05, 4.69) is 4.98 Å². The number of aromatic nitrogens is 1. The van der Waals surface area contributed by atoms with Crippen LogP contribution in [0.15, 0.2) is 12.3 Å². The number of pyridine rings is 1. The molecule has 64 valence electrons. The second-order valence-electron chi connectivity index (χ2n) is 3.09. The van der Waals surface area contributed by atoms with Crippen LogP contribution in [-0.4, -0.2) is 11.1 Å². The van der Waals surface area contributed by atoms with Gasteiger partial charge in [-0.3, -0.25) is 0 Å². The maximum Gasteiger partial charge on any atom is 0.216 e. The molecule has 12 heavy (non-hydrogen) atoms. The predicted octanol–water partition coefficient (Wildman–Crippen LogP) is 2.07. The van der Waals surface area contributed by atoms with Gasteiger partial charge in [0.05, 0.1) is 6.10 Å². The molecule has 2 rings (SSSR count). The van der Waals surface area contributed by atoms with Crippen LogP contribution in [0.1, 0.15) is 18.4 Å². The van der Waals surface area contributed by atoms with Gasteiger partial charge in [-0.05, 0) is 19.8 Å². The highest BCUT2D eigenvalue weighted by Crippen LogP contribution is 2.28. The van der Waals surface area contributed by atoms with Crippen LogP contribution in [0.2, 0.25) is 0 Å². The molecule has 1 saturated carbocycles. The summed E-state index contributed by atoms with van der Waals surface area (Å²) in [6.07, 6.45) is 3.98. The highest BCUT2D eigenvalue weighted by Gasteiger charge is 2.24. The van der Waals surface area contributed by atoms with Crippen LogP contribution < -0.4 is 4.74 Å². The molecule has 2 nitrogen and oxygen atoms in total. The smallest absolute Gasteiger partial charge is 0.216 e. The molecule has 0 saturated heterocycles. The Balaban J connectivity index is 2.21. The first-order valence-electron chi connectivity index (χ1n) is 4.04. The zero-order valence-corrected chi connectivity index (χ0v) is 6.88. The van der Waals surface area contributed by atoms with Crippen molar-refractivity contribution in [3.05, 3.63) is 23.8 Å². The molecule has 0 bridgehead atoms. The van der Waals surface area contributed by atoms with Gasteiger partial charge in [-0.15, -0.1) is 0 Å². The van der Waals surface area contributed by atoms with Gasteiger partial charge in [-0.25, -0.2) is 4.98 Å². The quantitative estimate of drug-likeness (QED) is 0.629. The molecule has 0 atom stereocenters. The summed E-state index contributed by atoms with van der Waals surface area (Å²) in [5.41, 5.74) is 0.892. The van der Waals surface area contributed by atoms with Crippen molar-refractivity contribution in [2.45, 2.75) is 25.9 Å². The minimum absolute atomic E-state index is 0.311. The first-order chi connectivity index (χ1) is 5.75. The van der Waals surface area contributed by atoms with Gasteiger partial charge in [0.2, 0.25) is 5.95 Å². The maximum absolute atomic E-state index is 12.6. The third-order valence-corrected chi connectivity index (χ3v) is 1.84. The Morgan fingerprint density at radius 3 is 3.00 bits per heavy atom. The Morgan fingerprint density at radius 2 is 2.33 bits per heavy atom. The Bertz CT molecular complexity index is 297. The van der Waals surface area contributed by atoms with E-state index in [1.54, 1.807) is 0 Å². The SMILES string of the molecule is Cc1cnc(F)cc1OC1CC1. The van der Waals surface area contributed by atoms with E-state index in [9.17, 15) is 4.39 Å². The fraction of sp³-hybridized carbons (Fsp3) is 0.444. The molecule has 1 fully saturated rings. The second-order valence-corrected chi connectivity index (χ2v) is 3.09. The van der Waals surface area contributed by atoms with E-state index in [1.807, 2.05) is 6.92 Å². The second kappa shape index (κ2) is 2.73. The molecule has 1 aliphatic rings. The number of hydrogen-bond donors (Lipinski definition) is 0. The van der Waals surface area contributed by atoms with Crippen molar-refractivity contribution in [1.29, 1.82) is 0 Å². The van der Waals surface area contributed by atoms with Crippen molar-refractivity contribution in [1.82, 2.24) is 4.98 Å². The molecule has 1 aliphatic carbocycles. The van der Waals surface area contributed by atoms with Crippen molar-refractivity contribution in [3.8, 4) is 5.75 Å².